The molecule has 176 valence electrons. The van der Waals surface area contributed by atoms with Crippen molar-refractivity contribution in [2.75, 3.05) is 4.72 Å². The van der Waals surface area contributed by atoms with Gasteiger partial charge in [0.2, 0.25) is 0 Å². The van der Waals surface area contributed by atoms with Gasteiger partial charge in [-0.25, -0.2) is 0 Å². The van der Waals surface area contributed by atoms with E-state index >= 15 is 0 Å². The van der Waals surface area contributed by atoms with E-state index < -0.39 is 22.9 Å². The Balaban J connectivity index is 1.48. The SMILES string of the molecule is Cc1cc2[nH]c(=O)c(=O)[nH]c2cc1SNc1ccc(-c2ccc3cccnc3c2)c(C(F)(F)F)c1. The molecule has 6 nitrogen and oxygen atoms in total. The first kappa shape index (κ1) is 22.7. The van der Waals surface area contributed by atoms with E-state index in [1.165, 1.54) is 6.07 Å². The van der Waals surface area contributed by atoms with Crippen LogP contribution in [0.3, 0.4) is 0 Å². The van der Waals surface area contributed by atoms with Crippen molar-refractivity contribution in [1.82, 2.24) is 15.0 Å². The van der Waals surface area contributed by atoms with Gasteiger partial charge in [0.25, 0.3) is 0 Å². The zero-order chi connectivity index (χ0) is 24.7. The number of hydrogen-bond donors (Lipinski definition) is 3. The molecule has 0 aliphatic carbocycles. The van der Waals surface area contributed by atoms with E-state index in [1.807, 2.05) is 6.07 Å². The quantitative estimate of drug-likeness (QED) is 0.215. The van der Waals surface area contributed by atoms with Crippen molar-refractivity contribution in [3.8, 4) is 11.1 Å². The molecule has 0 bridgehead atoms. The summed E-state index contributed by atoms with van der Waals surface area (Å²) >= 11 is 1.11. The van der Waals surface area contributed by atoms with Gasteiger partial charge in [-0.1, -0.05) is 24.3 Å². The number of anilines is 1. The number of aromatic nitrogens is 3. The lowest BCUT2D eigenvalue weighted by Gasteiger charge is -2.16. The molecule has 0 aliphatic rings. The minimum absolute atomic E-state index is 0.0593. The molecule has 5 rings (SSSR count). The van der Waals surface area contributed by atoms with Gasteiger partial charge in [0.15, 0.2) is 0 Å². The number of aromatic amines is 2. The molecular weight excluding hydrogens is 477 g/mol. The lowest BCUT2D eigenvalue weighted by molar-refractivity contribution is -0.137. The first-order chi connectivity index (χ1) is 16.7. The number of halogens is 3. The van der Waals surface area contributed by atoms with Gasteiger partial charge in [0.05, 0.1) is 22.1 Å². The predicted molar refractivity (Wildman–Crippen MR) is 132 cm³/mol. The highest BCUT2D eigenvalue weighted by molar-refractivity contribution is 8.00. The van der Waals surface area contributed by atoms with Gasteiger partial charge in [-0.15, -0.1) is 0 Å². The summed E-state index contributed by atoms with van der Waals surface area (Å²) in [7, 11) is 0. The summed E-state index contributed by atoms with van der Waals surface area (Å²) < 4.78 is 44.9. The lowest BCUT2D eigenvalue weighted by Crippen LogP contribution is -2.28. The number of nitrogens with one attached hydrogen (secondary N) is 3. The zero-order valence-corrected chi connectivity index (χ0v) is 19.0. The normalized spacial score (nSPS) is 11.8. The number of H-pyrrole nitrogens is 2. The Labute approximate surface area is 200 Å². The second-order valence-corrected chi connectivity index (χ2v) is 8.79. The minimum Gasteiger partial charge on any atom is -0.326 e. The minimum atomic E-state index is -4.57. The van der Waals surface area contributed by atoms with Gasteiger partial charge in [-0.05, 0) is 72.0 Å². The molecule has 0 saturated heterocycles. The van der Waals surface area contributed by atoms with E-state index in [2.05, 4.69) is 19.7 Å². The Hall–Kier alpha value is -4.05. The highest BCUT2D eigenvalue weighted by atomic mass is 32.2. The van der Waals surface area contributed by atoms with E-state index in [0.717, 1.165) is 29.0 Å². The molecule has 0 radical (unpaired) electrons. The molecule has 2 heterocycles. The van der Waals surface area contributed by atoms with Crippen LogP contribution in [0, 0.1) is 6.92 Å². The number of aryl methyl sites for hydroxylation is 1. The summed E-state index contributed by atoms with van der Waals surface area (Å²) in [5.41, 5.74) is 0.712. The molecule has 0 unspecified atom stereocenters. The van der Waals surface area contributed by atoms with Crippen molar-refractivity contribution in [2.45, 2.75) is 18.0 Å². The average molecular weight is 494 g/mol. The highest BCUT2D eigenvalue weighted by Gasteiger charge is 2.34. The van der Waals surface area contributed by atoms with Gasteiger partial charge < -0.3 is 14.7 Å². The average Bonchev–Trinajstić information content (AvgIpc) is 2.83. The third-order valence-corrected chi connectivity index (χ3v) is 6.54. The Kier molecular flexibility index (Phi) is 5.60. The van der Waals surface area contributed by atoms with Crippen molar-refractivity contribution in [1.29, 1.82) is 0 Å². The van der Waals surface area contributed by atoms with Crippen LogP contribution in [0.15, 0.2) is 81.3 Å². The predicted octanol–water partition coefficient (Wildman–Crippen LogP) is 5.88. The van der Waals surface area contributed by atoms with E-state index in [4.69, 9.17) is 0 Å². The van der Waals surface area contributed by atoms with Crippen LogP contribution in [-0.2, 0) is 6.18 Å². The third-order valence-electron chi connectivity index (χ3n) is 5.54. The Morgan fingerprint density at radius 1 is 0.914 bits per heavy atom. The van der Waals surface area contributed by atoms with Crippen molar-refractivity contribution in [2.24, 2.45) is 0 Å². The smallest absolute Gasteiger partial charge is 0.326 e. The van der Waals surface area contributed by atoms with Crippen LogP contribution in [0.4, 0.5) is 18.9 Å². The van der Waals surface area contributed by atoms with E-state index in [-0.39, 0.29) is 11.3 Å². The van der Waals surface area contributed by atoms with Crippen molar-refractivity contribution < 1.29 is 13.2 Å². The van der Waals surface area contributed by atoms with Crippen molar-refractivity contribution >= 4 is 39.6 Å². The fourth-order valence-electron chi connectivity index (χ4n) is 3.80. The van der Waals surface area contributed by atoms with Crippen LogP contribution >= 0.6 is 11.9 Å². The summed E-state index contributed by atoms with van der Waals surface area (Å²) in [6.45, 7) is 1.80. The van der Waals surface area contributed by atoms with Crippen molar-refractivity contribution in [3.05, 3.63) is 98.7 Å². The van der Waals surface area contributed by atoms with Gasteiger partial charge in [0, 0.05) is 22.2 Å². The molecule has 3 N–H and O–H groups in total. The maximum atomic E-state index is 14.0. The molecule has 0 fully saturated rings. The number of nitrogens with zero attached hydrogens (tertiary/aromatic N) is 1. The molecule has 0 atom stereocenters. The highest BCUT2D eigenvalue weighted by Crippen LogP contribution is 2.40. The van der Waals surface area contributed by atoms with Crippen LogP contribution in [0.25, 0.3) is 33.1 Å². The summed E-state index contributed by atoms with van der Waals surface area (Å²) in [5.74, 6) is 0. The molecule has 0 spiro atoms. The lowest BCUT2D eigenvalue weighted by atomic mass is 9.97. The van der Waals surface area contributed by atoms with Crippen LogP contribution in [-0.4, -0.2) is 15.0 Å². The fourth-order valence-corrected chi connectivity index (χ4v) is 4.56. The number of hydrogen-bond acceptors (Lipinski definition) is 5. The van der Waals surface area contributed by atoms with Crippen LogP contribution in [0.1, 0.15) is 11.1 Å². The van der Waals surface area contributed by atoms with Gasteiger partial charge in [-0.3, -0.25) is 14.6 Å². The third kappa shape index (κ3) is 4.52. The van der Waals surface area contributed by atoms with E-state index in [1.54, 1.807) is 55.6 Å². The molecule has 3 aromatic carbocycles. The second-order valence-electron chi connectivity index (χ2n) is 7.94. The fraction of sp³-hybridized carbons (Fsp3) is 0.0800. The Morgan fingerprint density at radius 3 is 2.40 bits per heavy atom. The molecule has 0 aliphatic heterocycles. The van der Waals surface area contributed by atoms with E-state index in [0.29, 0.717) is 27.0 Å². The van der Waals surface area contributed by atoms with Crippen molar-refractivity contribution in [3.63, 3.8) is 0 Å². The maximum Gasteiger partial charge on any atom is 0.417 e. The Bertz CT molecular complexity index is 1710. The Morgan fingerprint density at radius 2 is 1.66 bits per heavy atom. The topological polar surface area (TPSA) is 90.6 Å². The molecule has 0 saturated carbocycles. The number of pyridine rings is 1. The summed E-state index contributed by atoms with van der Waals surface area (Å²) in [4.78, 5) is 33.1. The first-order valence-corrected chi connectivity index (χ1v) is 11.3. The molecular formula is C25H17F3N4O2S. The second kappa shape index (κ2) is 8.62. The van der Waals surface area contributed by atoms with E-state index in [9.17, 15) is 22.8 Å². The molecule has 2 aromatic heterocycles. The molecule has 10 heteroatoms. The standard InChI is InChI=1S/C25H17F3N4O2S/c1-13-9-20-21(31-24(34)23(33)30-20)12-22(13)35-32-16-6-7-17(18(11-16)25(26,27)28)15-5-4-14-3-2-8-29-19(14)10-15/h2-12,32H,1H3,(H,30,33)(H,31,34). The van der Waals surface area contributed by atoms with Crippen LogP contribution in [0.2, 0.25) is 0 Å². The van der Waals surface area contributed by atoms with Crippen LogP contribution < -0.4 is 15.8 Å². The van der Waals surface area contributed by atoms with Gasteiger partial charge in [0.1, 0.15) is 0 Å². The van der Waals surface area contributed by atoms with Crippen LogP contribution in [0.5, 0.6) is 0 Å². The first-order valence-electron chi connectivity index (χ1n) is 10.5. The van der Waals surface area contributed by atoms with Gasteiger partial charge in [-0.2, -0.15) is 13.2 Å². The van der Waals surface area contributed by atoms with Gasteiger partial charge >= 0.3 is 17.3 Å². The summed E-state index contributed by atoms with van der Waals surface area (Å²) in [6, 6.07) is 16.1. The summed E-state index contributed by atoms with van der Waals surface area (Å²) in [6.07, 6.45) is -2.97. The zero-order valence-electron chi connectivity index (χ0n) is 18.2. The number of benzene rings is 3. The summed E-state index contributed by atoms with van der Waals surface area (Å²) in [5, 5.41) is 0.843. The largest absolute Gasteiger partial charge is 0.417 e. The monoisotopic (exact) mass is 494 g/mol. The molecule has 35 heavy (non-hydrogen) atoms. The number of alkyl halides is 3. The molecule has 0 amide bonds. The number of fused-ring (bicyclic) bond motifs is 2. The number of rotatable bonds is 4. The maximum absolute atomic E-state index is 14.0. The molecule has 5 aromatic rings.